The van der Waals surface area contributed by atoms with Crippen molar-refractivity contribution in [3.05, 3.63) is 10.6 Å². The van der Waals surface area contributed by atoms with Gasteiger partial charge in [0.1, 0.15) is 6.10 Å². The fourth-order valence-electron chi connectivity index (χ4n) is 8.61. The third kappa shape index (κ3) is 3.14. The molecule has 31 heavy (non-hydrogen) atoms. The molecule has 1 saturated heterocycles. The molecule has 4 fully saturated rings. The third-order valence-corrected chi connectivity index (χ3v) is 11.2. The summed E-state index contributed by atoms with van der Waals surface area (Å²) in [6.07, 6.45) is 12.1. The molecule has 4 aliphatic carbocycles. The highest BCUT2D eigenvalue weighted by molar-refractivity contribution is 7.05. The van der Waals surface area contributed by atoms with E-state index < -0.39 is 0 Å². The summed E-state index contributed by atoms with van der Waals surface area (Å²) in [7, 11) is 0. The van der Waals surface area contributed by atoms with Gasteiger partial charge in [-0.2, -0.15) is 0 Å². The average Bonchev–Trinajstić information content (AvgIpc) is 3.35. The van der Waals surface area contributed by atoms with Crippen LogP contribution in [0.5, 0.6) is 0 Å². The summed E-state index contributed by atoms with van der Waals surface area (Å²) >= 11 is 1.64. The highest BCUT2D eigenvalue weighted by atomic mass is 32.1. The van der Waals surface area contributed by atoms with Crippen molar-refractivity contribution in [2.45, 2.75) is 89.6 Å². The summed E-state index contributed by atoms with van der Waals surface area (Å²) in [6.45, 7) is 6.90. The van der Waals surface area contributed by atoms with Crippen molar-refractivity contribution in [3.63, 3.8) is 0 Å². The quantitative estimate of drug-likeness (QED) is 0.682. The Labute approximate surface area is 190 Å². The predicted molar refractivity (Wildman–Crippen MR) is 121 cm³/mol. The van der Waals surface area contributed by atoms with Gasteiger partial charge in [-0.25, -0.2) is 0 Å². The molecule has 3 saturated carbocycles. The molecule has 0 aromatic carbocycles. The Kier molecular flexibility index (Phi) is 4.99. The normalized spacial score (nSPS) is 46.4. The Balaban J connectivity index is 1.15. The maximum absolute atomic E-state index is 12.7. The lowest BCUT2D eigenvalue weighted by Gasteiger charge is -2.60. The zero-order chi connectivity index (χ0) is 21.2. The van der Waals surface area contributed by atoms with Crippen LogP contribution in [-0.2, 0) is 21.4 Å². The molecule has 1 N–H and O–H groups in total. The van der Waals surface area contributed by atoms with Gasteiger partial charge in [-0.05, 0) is 111 Å². The van der Waals surface area contributed by atoms with E-state index in [1.165, 1.54) is 49.1 Å². The number of esters is 1. The van der Waals surface area contributed by atoms with Crippen LogP contribution in [0.2, 0.25) is 0 Å². The smallest absolute Gasteiger partial charge is 0.310 e. The van der Waals surface area contributed by atoms with Crippen LogP contribution in [0.25, 0.3) is 0 Å². The van der Waals surface area contributed by atoms with Gasteiger partial charge >= 0.3 is 5.97 Å². The molecular formula is C25H37N3O2S. The molecular weight excluding hydrogens is 406 g/mol. The van der Waals surface area contributed by atoms with Crippen molar-refractivity contribution in [3.8, 4) is 0 Å². The number of carbonyl (C=O) groups is 1. The van der Waals surface area contributed by atoms with E-state index in [4.69, 9.17) is 4.74 Å². The third-order valence-electron chi connectivity index (χ3n) is 10.4. The van der Waals surface area contributed by atoms with Crippen molar-refractivity contribution in [1.82, 2.24) is 14.9 Å². The summed E-state index contributed by atoms with van der Waals surface area (Å²) in [4.78, 5) is 14.2. The molecule has 2 heterocycles. The monoisotopic (exact) mass is 443 g/mol. The van der Waals surface area contributed by atoms with Crippen LogP contribution in [0.15, 0.2) is 0 Å². The number of ether oxygens (including phenoxy) is 1. The molecule has 170 valence electrons. The van der Waals surface area contributed by atoms with Gasteiger partial charge in [-0.1, -0.05) is 18.3 Å². The van der Waals surface area contributed by atoms with Crippen LogP contribution >= 0.6 is 11.5 Å². The Bertz CT molecular complexity index is 852. The number of carbonyl (C=O) groups excluding carboxylic acids is 1. The van der Waals surface area contributed by atoms with Gasteiger partial charge in [0.2, 0.25) is 0 Å². The van der Waals surface area contributed by atoms with E-state index in [0.717, 1.165) is 56.5 Å². The average molecular weight is 444 g/mol. The molecule has 8 atom stereocenters. The van der Waals surface area contributed by atoms with Crippen LogP contribution < -0.4 is 5.32 Å². The first-order valence-corrected chi connectivity index (χ1v) is 13.5. The van der Waals surface area contributed by atoms with E-state index in [2.05, 4.69) is 28.8 Å². The van der Waals surface area contributed by atoms with E-state index in [1.54, 1.807) is 11.5 Å². The second-order valence-corrected chi connectivity index (χ2v) is 12.6. The molecule has 0 bridgehead atoms. The van der Waals surface area contributed by atoms with Crippen molar-refractivity contribution >= 4 is 17.5 Å². The number of hydrogen-bond acceptors (Lipinski definition) is 6. The SMILES string of the molecule is C[C@]12CC[C@H](OC(=O)C3CCCNC3)C[C@@H]1CC[C@@H]1[C@@H]2CC[C@]2(C)c3nnsc3C[C@@H]12. The number of hydrogen-bond donors (Lipinski definition) is 1. The summed E-state index contributed by atoms with van der Waals surface area (Å²) in [5.74, 6) is 3.25. The topological polar surface area (TPSA) is 64.1 Å². The van der Waals surface area contributed by atoms with Gasteiger partial charge in [0.25, 0.3) is 0 Å². The minimum absolute atomic E-state index is 0.0566. The fourth-order valence-corrected chi connectivity index (χ4v) is 9.44. The summed E-state index contributed by atoms with van der Waals surface area (Å²) in [5.41, 5.74) is 2.01. The Morgan fingerprint density at radius 1 is 1.13 bits per heavy atom. The first kappa shape index (κ1) is 20.6. The Morgan fingerprint density at radius 2 is 2.03 bits per heavy atom. The molecule has 6 rings (SSSR count). The molecule has 0 spiro atoms. The molecule has 1 aromatic rings. The molecule has 1 aliphatic heterocycles. The van der Waals surface area contributed by atoms with Crippen molar-refractivity contribution < 1.29 is 9.53 Å². The maximum Gasteiger partial charge on any atom is 0.310 e. The van der Waals surface area contributed by atoms with Gasteiger partial charge < -0.3 is 10.1 Å². The van der Waals surface area contributed by atoms with Gasteiger partial charge in [-0.3, -0.25) is 4.79 Å². The fraction of sp³-hybridized carbons (Fsp3) is 0.880. The molecule has 5 nitrogen and oxygen atoms in total. The van der Waals surface area contributed by atoms with Crippen molar-refractivity contribution in [2.75, 3.05) is 13.1 Å². The molecule has 1 unspecified atom stereocenters. The number of nitrogens with one attached hydrogen (secondary N) is 1. The lowest BCUT2D eigenvalue weighted by atomic mass is 9.45. The summed E-state index contributed by atoms with van der Waals surface area (Å²) in [5, 5.41) is 7.93. The lowest BCUT2D eigenvalue weighted by Crippen LogP contribution is -2.54. The van der Waals surface area contributed by atoms with Crippen molar-refractivity contribution in [1.29, 1.82) is 0 Å². The summed E-state index contributed by atoms with van der Waals surface area (Å²) < 4.78 is 10.4. The van der Waals surface area contributed by atoms with E-state index in [9.17, 15) is 4.79 Å². The Hall–Kier alpha value is -1.01. The highest BCUT2D eigenvalue weighted by Gasteiger charge is 2.60. The maximum atomic E-state index is 12.7. The van der Waals surface area contributed by atoms with E-state index >= 15 is 0 Å². The van der Waals surface area contributed by atoms with Crippen LogP contribution in [0.4, 0.5) is 0 Å². The van der Waals surface area contributed by atoms with Gasteiger partial charge in [0, 0.05) is 16.8 Å². The second kappa shape index (κ2) is 7.51. The zero-order valence-corrected chi connectivity index (χ0v) is 19.9. The molecule has 6 heteroatoms. The standard InChI is InChI=1S/C25H37N3O2S/c1-24-9-7-17(30-23(29)15-4-3-11-26-14-15)12-16(24)5-6-18-19(24)8-10-25(2)20(18)13-21-22(25)27-28-31-21/h15-20,26H,3-14H2,1-2H3/t15?,16-,17-,18+,19-,20-,24-,25-/m0/s1. The van der Waals surface area contributed by atoms with Crippen LogP contribution in [0.1, 0.15) is 82.2 Å². The Morgan fingerprint density at radius 3 is 2.87 bits per heavy atom. The van der Waals surface area contributed by atoms with E-state index in [-0.39, 0.29) is 23.4 Å². The first-order chi connectivity index (χ1) is 15.0. The largest absolute Gasteiger partial charge is 0.462 e. The van der Waals surface area contributed by atoms with Gasteiger partial charge in [0.15, 0.2) is 0 Å². The number of rotatable bonds is 2. The van der Waals surface area contributed by atoms with Crippen molar-refractivity contribution in [2.24, 2.45) is 35.0 Å². The number of fused-ring (bicyclic) bond motifs is 7. The minimum atomic E-state index is 0.0566. The first-order valence-electron chi connectivity index (χ1n) is 12.7. The molecule has 5 aliphatic rings. The van der Waals surface area contributed by atoms with Crippen LogP contribution in [0.3, 0.4) is 0 Å². The second-order valence-electron chi connectivity index (χ2n) is 11.7. The zero-order valence-electron chi connectivity index (χ0n) is 19.1. The van der Waals surface area contributed by atoms with Crippen LogP contribution in [0, 0.1) is 35.0 Å². The molecule has 1 aromatic heterocycles. The molecule has 0 radical (unpaired) electrons. The lowest BCUT2D eigenvalue weighted by molar-refractivity contribution is -0.165. The van der Waals surface area contributed by atoms with Gasteiger partial charge in [-0.15, -0.1) is 5.10 Å². The van der Waals surface area contributed by atoms with E-state index in [0.29, 0.717) is 11.3 Å². The van der Waals surface area contributed by atoms with E-state index in [1.807, 2.05) is 0 Å². The predicted octanol–water partition coefficient (Wildman–Crippen LogP) is 4.51. The molecule has 0 amide bonds. The number of aromatic nitrogens is 2. The highest BCUT2D eigenvalue weighted by Crippen LogP contribution is 2.65. The van der Waals surface area contributed by atoms with Crippen LogP contribution in [-0.4, -0.2) is 34.7 Å². The number of piperidine rings is 1. The summed E-state index contributed by atoms with van der Waals surface area (Å²) in [6, 6.07) is 0. The van der Waals surface area contributed by atoms with Gasteiger partial charge in [0.05, 0.1) is 11.6 Å². The number of nitrogens with zero attached hydrogens (tertiary/aromatic N) is 2. The minimum Gasteiger partial charge on any atom is -0.462 e.